The Bertz CT molecular complexity index is 472. The smallest absolute Gasteiger partial charge is 0.245 e. The van der Waals surface area contributed by atoms with E-state index in [0.29, 0.717) is 12.1 Å². The van der Waals surface area contributed by atoms with Crippen molar-refractivity contribution in [2.75, 3.05) is 18.0 Å². The lowest BCUT2D eigenvalue weighted by Gasteiger charge is -2.41. The summed E-state index contributed by atoms with van der Waals surface area (Å²) in [6.07, 6.45) is 1.53. The lowest BCUT2D eigenvalue weighted by Crippen LogP contribution is -2.62. The maximum atomic E-state index is 11.8. The van der Waals surface area contributed by atoms with Crippen LogP contribution in [0.2, 0.25) is 0 Å². The third kappa shape index (κ3) is 1.94. The summed E-state index contributed by atoms with van der Waals surface area (Å²) >= 11 is 0. The maximum Gasteiger partial charge on any atom is 0.245 e. The number of nitrogens with one attached hydrogen (secondary N) is 1. The maximum absolute atomic E-state index is 11.8. The largest absolute Gasteiger partial charge is 0.352 e. The average Bonchev–Trinajstić information content (AvgIpc) is 2.33. The highest BCUT2D eigenvalue weighted by molar-refractivity contribution is 5.90. The van der Waals surface area contributed by atoms with Gasteiger partial charge in [0.15, 0.2) is 0 Å². The third-order valence-electron chi connectivity index (χ3n) is 3.00. The number of nitriles is 1. The zero-order chi connectivity index (χ0) is 12.5. The van der Waals surface area contributed by atoms with Crippen molar-refractivity contribution >= 4 is 11.7 Å². The van der Waals surface area contributed by atoms with Crippen molar-refractivity contribution in [2.45, 2.75) is 19.4 Å². The molecule has 0 aromatic carbocycles. The Kier molecular flexibility index (Phi) is 2.72. The molecule has 1 aromatic heterocycles. The number of pyridine rings is 1. The van der Waals surface area contributed by atoms with Gasteiger partial charge in [0.2, 0.25) is 5.91 Å². The van der Waals surface area contributed by atoms with Gasteiger partial charge in [0.1, 0.15) is 17.4 Å². The molecule has 1 fully saturated rings. The Morgan fingerprint density at radius 3 is 2.88 bits per heavy atom. The molecule has 0 bridgehead atoms. The molecule has 17 heavy (non-hydrogen) atoms. The topological polar surface area (TPSA) is 69.0 Å². The van der Waals surface area contributed by atoms with E-state index in [1.807, 2.05) is 24.8 Å². The van der Waals surface area contributed by atoms with Crippen molar-refractivity contribution in [1.82, 2.24) is 10.3 Å². The zero-order valence-corrected chi connectivity index (χ0v) is 9.90. The molecule has 0 aliphatic carbocycles. The van der Waals surface area contributed by atoms with Gasteiger partial charge in [-0.05, 0) is 26.0 Å². The molecule has 1 saturated heterocycles. The number of carbonyl (C=O) groups is 1. The first-order valence-corrected chi connectivity index (χ1v) is 5.48. The Hall–Kier alpha value is -2.09. The number of anilines is 1. The highest BCUT2D eigenvalue weighted by Gasteiger charge is 2.38. The van der Waals surface area contributed by atoms with Gasteiger partial charge in [-0.2, -0.15) is 5.26 Å². The number of rotatable bonds is 1. The van der Waals surface area contributed by atoms with Crippen LogP contribution >= 0.6 is 0 Å². The van der Waals surface area contributed by atoms with Crippen molar-refractivity contribution < 1.29 is 4.79 Å². The monoisotopic (exact) mass is 230 g/mol. The number of nitrogens with zero attached hydrogens (tertiary/aromatic N) is 3. The van der Waals surface area contributed by atoms with E-state index in [1.165, 1.54) is 6.20 Å². The minimum Gasteiger partial charge on any atom is -0.352 e. The quantitative estimate of drug-likeness (QED) is 0.769. The molecule has 1 aliphatic rings. The SMILES string of the molecule is CC1(C)C(=O)NCCN1c1ccc(C#N)cn1. The fraction of sp³-hybridized carbons (Fsp3) is 0.417. The predicted octanol–water partition coefficient (Wildman–Crippen LogP) is 0.668. The third-order valence-corrected chi connectivity index (χ3v) is 3.00. The van der Waals surface area contributed by atoms with Crippen molar-refractivity contribution in [3.63, 3.8) is 0 Å². The molecule has 1 N–H and O–H groups in total. The van der Waals surface area contributed by atoms with Crippen LogP contribution in [-0.4, -0.2) is 29.5 Å². The molecule has 5 heteroatoms. The van der Waals surface area contributed by atoms with E-state index >= 15 is 0 Å². The molecule has 0 spiro atoms. The first-order chi connectivity index (χ1) is 8.05. The van der Waals surface area contributed by atoms with E-state index in [0.717, 1.165) is 12.4 Å². The fourth-order valence-electron chi connectivity index (χ4n) is 1.91. The van der Waals surface area contributed by atoms with Gasteiger partial charge in [-0.3, -0.25) is 4.79 Å². The van der Waals surface area contributed by atoms with Crippen LogP contribution in [0.3, 0.4) is 0 Å². The number of piperazine rings is 1. The van der Waals surface area contributed by atoms with Crippen LogP contribution in [0.15, 0.2) is 18.3 Å². The second-order valence-electron chi connectivity index (χ2n) is 4.48. The summed E-state index contributed by atoms with van der Waals surface area (Å²) < 4.78 is 0. The molecule has 5 nitrogen and oxygen atoms in total. The molecule has 1 aliphatic heterocycles. The van der Waals surface area contributed by atoms with Crippen LogP contribution in [0, 0.1) is 11.3 Å². The molecule has 88 valence electrons. The van der Waals surface area contributed by atoms with Gasteiger partial charge in [0.05, 0.1) is 5.56 Å². The van der Waals surface area contributed by atoms with Gasteiger partial charge in [-0.1, -0.05) is 0 Å². The van der Waals surface area contributed by atoms with Crippen LogP contribution in [0.5, 0.6) is 0 Å². The van der Waals surface area contributed by atoms with Gasteiger partial charge in [-0.25, -0.2) is 4.98 Å². The Labute approximate surface area is 100 Å². The van der Waals surface area contributed by atoms with Gasteiger partial charge in [0.25, 0.3) is 0 Å². The van der Waals surface area contributed by atoms with Crippen LogP contribution < -0.4 is 10.2 Å². The minimum absolute atomic E-state index is 0.00471. The number of hydrogen-bond acceptors (Lipinski definition) is 4. The average molecular weight is 230 g/mol. The van der Waals surface area contributed by atoms with Crippen molar-refractivity contribution in [3.8, 4) is 6.07 Å². The highest BCUT2D eigenvalue weighted by atomic mass is 16.2. The molecule has 1 amide bonds. The Morgan fingerprint density at radius 1 is 1.53 bits per heavy atom. The summed E-state index contributed by atoms with van der Waals surface area (Å²) in [6, 6.07) is 5.52. The molecular formula is C12H14N4O. The lowest BCUT2D eigenvalue weighted by molar-refractivity contribution is -0.126. The van der Waals surface area contributed by atoms with E-state index in [-0.39, 0.29) is 5.91 Å². The van der Waals surface area contributed by atoms with E-state index < -0.39 is 5.54 Å². The Morgan fingerprint density at radius 2 is 2.29 bits per heavy atom. The molecule has 0 radical (unpaired) electrons. The van der Waals surface area contributed by atoms with Crippen LogP contribution in [-0.2, 0) is 4.79 Å². The van der Waals surface area contributed by atoms with Crippen LogP contribution in [0.4, 0.5) is 5.82 Å². The summed E-state index contributed by atoms with van der Waals surface area (Å²) in [5, 5.41) is 11.5. The highest BCUT2D eigenvalue weighted by Crippen LogP contribution is 2.24. The van der Waals surface area contributed by atoms with E-state index in [2.05, 4.69) is 10.3 Å². The molecule has 0 unspecified atom stereocenters. The normalized spacial score (nSPS) is 18.4. The van der Waals surface area contributed by atoms with E-state index in [1.54, 1.807) is 12.1 Å². The molecule has 1 aromatic rings. The fourth-order valence-corrected chi connectivity index (χ4v) is 1.91. The first-order valence-electron chi connectivity index (χ1n) is 5.48. The number of amides is 1. The second-order valence-corrected chi connectivity index (χ2v) is 4.48. The van der Waals surface area contributed by atoms with Crippen molar-refractivity contribution in [3.05, 3.63) is 23.9 Å². The van der Waals surface area contributed by atoms with Crippen LogP contribution in [0.1, 0.15) is 19.4 Å². The lowest BCUT2D eigenvalue weighted by atomic mass is 9.99. The van der Waals surface area contributed by atoms with Crippen molar-refractivity contribution in [1.29, 1.82) is 5.26 Å². The predicted molar refractivity (Wildman–Crippen MR) is 63.4 cm³/mol. The number of hydrogen-bond donors (Lipinski definition) is 1. The molecule has 2 heterocycles. The first kappa shape index (κ1) is 11.4. The van der Waals surface area contributed by atoms with Gasteiger partial charge in [0, 0.05) is 19.3 Å². The molecule has 0 saturated carbocycles. The summed E-state index contributed by atoms with van der Waals surface area (Å²) in [5.41, 5.74) is -0.0904. The van der Waals surface area contributed by atoms with Gasteiger partial charge >= 0.3 is 0 Å². The zero-order valence-electron chi connectivity index (χ0n) is 9.90. The van der Waals surface area contributed by atoms with Crippen molar-refractivity contribution in [2.24, 2.45) is 0 Å². The van der Waals surface area contributed by atoms with Gasteiger partial charge < -0.3 is 10.2 Å². The minimum atomic E-state index is -0.612. The van der Waals surface area contributed by atoms with Crippen LogP contribution in [0.25, 0.3) is 0 Å². The molecule has 0 atom stereocenters. The van der Waals surface area contributed by atoms with Gasteiger partial charge in [-0.15, -0.1) is 0 Å². The van der Waals surface area contributed by atoms with E-state index in [4.69, 9.17) is 5.26 Å². The molecule has 2 rings (SSSR count). The standard InChI is InChI=1S/C12H14N4O/c1-12(2)11(17)14-5-6-16(12)10-4-3-9(7-13)8-15-10/h3-4,8H,5-6H2,1-2H3,(H,14,17). The number of carbonyl (C=O) groups excluding carboxylic acids is 1. The number of aromatic nitrogens is 1. The second kappa shape index (κ2) is 4.06. The summed E-state index contributed by atoms with van der Waals surface area (Å²) in [7, 11) is 0. The Balaban J connectivity index is 2.32. The molecular weight excluding hydrogens is 216 g/mol. The summed E-state index contributed by atoms with van der Waals surface area (Å²) in [4.78, 5) is 18.0. The van der Waals surface area contributed by atoms with E-state index in [9.17, 15) is 4.79 Å². The summed E-state index contributed by atoms with van der Waals surface area (Å²) in [6.45, 7) is 5.06. The summed E-state index contributed by atoms with van der Waals surface area (Å²) in [5.74, 6) is 0.721.